The van der Waals surface area contributed by atoms with Gasteiger partial charge in [0.2, 0.25) is 5.91 Å². The van der Waals surface area contributed by atoms with Crippen molar-refractivity contribution in [3.8, 4) is 0 Å². The molecule has 1 aliphatic heterocycles. The van der Waals surface area contributed by atoms with Gasteiger partial charge < -0.3 is 16.4 Å². The molecule has 0 aromatic heterocycles. The standard InChI is InChI=1S/C11H23N3O.2ClH/c1-8-4-5-13-6-9(8)14-10(15)11(2,3)7-12;;/h8-9,13H,4-7,12H2,1-3H3,(H,14,15);2*1H. The first-order valence-electron chi connectivity index (χ1n) is 5.69. The molecule has 0 aliphatic carbocycles. The van der Waals surface area contributed by atoms with Crippen molar-refractivity contribution in [2.45, 2.75) is 33.2 Å². The fraction of sp³-hybridized carbons (Fsp3) is 0.909. The molecule has 1 fully saturated rings. The van der Waals surface area contributed by atoms with E-state index in [4.69, 9.17) is 5.73 Å². The Bertz CT molecular complexity index is 237. The van der Waals surface area contributed by atoms with Crippen LogP contribution in [0.3, 0.4) is 0 Å². The summed E-state index contributed by atoms with van der Waals surface area (Å²) < 4.78 is 0. The largest absolute Gasteiger partial charge is 0.351 e. The minimum absolute atomic E-state index is 0. The van der Waals surface area contributed by atoms with Crippen LogP contribution in [0.25, 0.3) is 0 Å². The van der Waals surface area contributed by atoms with E-state index in [0.717, 1.165) is 19.5 Å². The van der Waals surface area contributed by atoms with E-state index in [9.17, 15) is 4.79 Å². The van der Waals surface area contributed by atoms with Crippen LogP contribution in [0.1, 0.15) is 27.2 Å². The molecule has 0 bridgehead atoms. The molecule has 4 N–H and O–H groups in total. The lowest BCUT2D eigenvalue weighted by atomic mass is 9.89. The second kappa shape index (κ2) is 8.14. The van der Waals surface area contributed by atoms with Gasteiger partial charge in [0.25, 0.3) is 0 Å². The molecule has 0 radical (unpaired) electrons. The number of rotatable bonds is 3. The van der Waals surface area contributed by atoms with Gasteiger partial charge in [-0.05, 0) is 32.7 Å². The third-order valence-electron chi connectivity index (χ3n) is 3.27. The molecule has 4 nitrogen and oxygen atoms in total. The minimum atomic E-state index is -0.461. The molecule has 2 unspecified atom stereocenters. The van der Waals surface area contributed by atoms with Crippen molar-refractivity contribution in [2.24, 2.45) is 17.1 Å². The molecule has 104 valence electrons. The van der Waals surface area contributed by atoms with Gasteiger partial charge in [0.05, 0.1) is 5.41 Å². The Morgan fingerprint density at radius 2 is 2.06 bits per heavy atom. The summed E-state index contributed by atoms with van der Waals surface area (Å²) in [5, 5.41) is 6.37. The summed E-state index contributed by atoms with van der Waals surface area (Å²) in [7, 11) is 0. The molecule has 6 heteroatoms. The van der Waals surface area contributed by atoms with Crippen LogP contribution in [0, 0.1) is 11.3 Å². The number of nitrogens with two attached hydrogens (primary N) is 1. The van der Waals surface area contributed by atoms with Crippen LogP contribution < -0.4 is 16.4 Å². The number of hydrogen-bond acceptors (Lipinski definition) is 3. The summed E-state index contributed by atoms with van der Waals surface area (Å²) in [5.74, 6) is 0.606. The van der Waals surface area contributed by atoms with Gasteiger partial charge in [-0.1, -0.05) is 6.92 Å². The SMILES string of the molecule is CC1CCNCC1NC(=O)C(C)(C)CN.Cl.Cl. The molecule has 0 aromatic rings. The Balaban J connectivity index is 0. The Morgan fingerprint density at radius 3 is 2.53 bits per heavy atom. The van der Waals surface area contributed by atoms with E-state index in [1.54, 1.807) is 0 Å². The maximum Gasteiger partial charge on any atom is 0.227 e. The van der Waals surface area contributed by atoms with Gasteiger partial charge in [0.1, 0.15) is 0 Å². The van der Waals surface area contributed by atoms with E-state index < -0.39 is 5.41 Å². The molecule has 0 saturated carbocycles. The van der Waals surface area contributed by atoms with E-state index in [1.165, 1.54) is 0 Å². The molecule has 1 saturated heterocycles. The van der Waals surface area contributed by atoms with E-state index in [2.05, 4.69) is 17.6 Å². The quantitative estimate of drug-likeness (QED) is 0.723. The highest BCUT2D eigenvalue weighted by molar-refractivity contribution is 5.85. The minimum Gasteiger partial charge on any atom is -0.351 e. The number of piperidine rings is 1. The van der Waals surface area contributed by atoms with Gasteiger partial charge in [-0.15, -0.1) is 24.8 Å². The highest BCUT2D eigenvalue weighted by Gasteiger charge is 2.30. The van der Waals surface area contributed by atoms with Crippen LogP contribution in [-0.4, -0.2) is 31.6 Å². The number of carbonyl (C=O) groups is 1. The van der Waals surface area contributed by atoms with Crippen molar-refractivity contribution in [1.29, 1.82) is 0 Å². The molecule has 2 atom stereocenters. The molecule has 1 rings (SSSR count). The second-order valence-corrected chi connectivity index (χ2v) is 5.14. The van der Waals surface area contributed by atoms with Crippen LogP contribution in [0.15, 0.2) is 0 Å². The van der Waals surface area contributed by atoms with Crippen molar-refractivity contribution in [1.82, 2.24) is 10.6 Å². The lowest BCUT2D eigenvalue weighted by Crippen LogP contribution is -2.54. The molecule has 1 amide bonds. The average Bonchev–Trinajstić information content (AvgIpc) is 2.21. The van der Waals surface area contributed by atoms with E-state index in [0.29, 0.717) is 12.5 Å². The fourth-order valence-corrected chi connectivity index (χ4v) is 1.64. The van der Waals surface area contributed by atoms with Gasteiger partial charge in [-0.3, -0.25) is 4.79 Å². The summed E-state index contributed by atoms with van der Waals surface area (Å²) >= 11 is 0. The van der Waals surface area contributed by atoms with Gasteiger partial charge in [-0.25, -0.2) is 0 Å². The monoisotopic (exact) mass is 285 g/mol. The van der Waals surface area contributed by atoms with Crippen molar-refractivity contribution in [3.05, 3.63) is 0 Å². The molecule has 0 spiro atoms. The lowest BCUT2D eigenvalue weighted by molar-refractivity contribution is -0.130. The number of hydrogen-bond donors (Lipinski definition) is 3. The average molecular weight is 286 g/mol. The number of amides is 1. The lowest BCUT2D eigenvalue weighted by Gasteiger charge is -2.33. The maximum atomic E-state index is 11.9. The Labute approximate surface area is 116 Å². The molecular weight excluding hydrogens is 261 g/mol. The Kier molecular flexibility index (Phi) is 9.25. The van der Waals surface area contributed by atoms with Crippen LogP contribution in [0.2, 0.25) is 0 Å². The summed E-state index contributed by atoms with van der Waals surface area (Å²) in [6, 6.07) is 0.247. The maximum absolute atomic E-state index is 11.9. The predicted molar refractivity (Wildman–Crippen MR) is 75.9 cm³/mol. The second-order valence-electron chi connectivity index (χ2n) is 5.14. The number of halogens is 2. The van der Waals surface area contributed by atoms with Crippen molar-refractivity contribution in [3.63, 3.8) is 0 Å². The molecule has 1 aliphatic rings. The third-order valence-corrected chi connectivity index (χ3v) is 3.27. The highest BCUT2D eigenvalue weighted by Crippen LogP contribution is 2.16. The smallest absolute Gasteiger partial charge is 0.227 e. The summed E-state index contributed by atoms with van der Waals surface area (Å²) in [6.07, 6.45) is 1.12. The summed E-state index contributed by atoms with van der Waals surface area (Å²) in [5.41, 5.74) is 5.11. The van der Waals surface area contributed by atoms with Gasteiger partial charge >= 0.3 is 0 Å². The van der Waals surface area contributed by atoms with Crippen molar-refractivity contribution >= 4 is 30.7 Å². The van der Waals surface area contributed by atoms with Crippen LogP contribution in [-0.2, 0) is 4.79 Å². The predicted octanol–water partition coefficient (Wildman–Crippen LogP) is 0.929. The third kappa shape index (κ3) is 5.42. The zero-order chi connectivity index (χ0) is 11.5. The number of carbonyl (C=O) groups excluding carboxylic acids is 1. The molecule has 1 heterocycles. The first-order chi connectivity index (χ1) is 6.97. The van der Waals surface area contributed by atoms with E-state index >= 15 is 0 Å². The Morgan fingerprint density at radius 1 is 1.47 bits per heavy atom. The van der Waals surface area contributed by atoms with Crippen LogP contribution in [0.4, 0.5) is 0 Å². The van der Waals surface area contributed by atoms with Crippen molar-refractivity contribution < 1.29 is 4.79 Å². The first-order valence-corrected chi connectivity index (χ1v) is 5.69. The van der Waals surface area contributed by atoms with Crippen molar-refractivity contribution in [2.75, 3.05) is 19.6 Å². The van der Waals surface area contributed by atoms with Gasteiger partial charge in [0.15, 0.2) is 0 Å². The fourth-order valence-electron chi connectivity index (χ4n) is 1.64. The first kappa shape index (κ1) is 19.3. The highest BCUT2D eigenvalue weighted by atomic mass is 35.5. The number of nitrogens with one attached hydrogen (secondary N) is 2. The van der Waals surface area contributed by atoms with E-state index in [-0.39, 0.29) is 36.8 Å². The van der Waals surface area contributed by atoms with Crippen LogP contribution in [0.5, 0.6) is 0 Å². The van der Waals surface area contributed by atoms with Gasteiger partial charge in [-0.2, -0.15) is 0 Å². The Hall–Kier alpha value is -0.0300. The van der Waals surface area contributed by atoms with Crippen LogP contribution >= 0.6 is 24.8 Å². The molecule has 17 heavy (non-hydrogen) atoms. The van der Waals surface area contributed by atoms with Gasteiger partial charge in [0, 0.05) is 19.1 Å². The summed E-state index contributed by atoms with van der Waals surface area (Å²) in [6.45, 7) is 8.24. The normalized spacial score (nSPS) is 24.2. The molecular formula is C11H25Cl2N3O. The van der Waals surface area contributed by atoms with E-state index in [1.807, 2.05) is 13.8 Å². The summed E-state index contributed by atoms with van der Waals surface area (Å²) in [4.78, 5) is 11.9. The zero-order valence-electron chi connectivity index (χ0n) is 10.8. The molecule has 0 aromatic carbocycles. The topological polar surface area (TPSA) is 67.1 Å². The zero-order valence-corrected chi connectivity index (χ0v) is 12.4.